The predicted molar refractivity (Wildman–Crippen MR) is 146 cm³/mol. The zero-order valence-electron chi connectivity index (χ0n) is 21.6. The quantitative estimate of drug-likeness (QED) is 0.368. The van der Waals surface area contributed by atoms with E-state index in [4.69, 9.17) is 0 Å². The van der Waals surface area contributed by atoms with Crippen LogP contribution in [0.1, 0.15) is 72.7 Å². The van der Waals surface area contributed by atoms with Crippen molar-refractivity contribution in [3.05, 3.63) is 101 Å². The number of aliphatic carboxylic acids is 1. The molecule has 3 N–H and O–H groups in total. The normalized spacial score (nSPS) is 28.4. The number of rotatable bonds is 6. The van der Waals surface area contributed by atoms with E-state index in [9.17, 15) is 19.8 Å². The van der Waals surface area contributed by atoms with Crippen LogP contribution < -0.4 is 5.32 Å². The van der Waals surface area contributed by atoms with Gasteiger partial charge in [-0.25, -0.2) is 0 Å². The van der Waals surface area contributed by atoms with Gasteiger partial charge in [-0.2, -0.15) is 0 Å². The molecule has 0 saturated heterocycles. The third-order valence-electron chi connectivity index (χ3n) is 9.80. The summed E-state index contributed by atoms with van der Waals surface area (Å²) in [6.07, 6.45) is 5.50. The number of aryl methyl sites for hydroxylation is 1. The molecule has 1 amide bonds. The molecule has 0 aromatic heterocycles. The monoisotopic (exact) mass is 509 g/mol. The maximum atomic E-state index is 14.1. The summed E-state index contributed by atoms with van der Waals surface area (Å²) in [5.74, 6) is 0.125. The highest BCUT2D eigenvalue weighted by atomic mass is 16.4. The molecule has 3 aromatic rings. The third kappa shape index (κ3) is 4.28. The number of amides is 1. The first-order valence-electron chi connectivity index (χ1n) is 13.9. The zero-order valence-corrected chi connectivity index (χ0v) is 21.6. The maximum absolute atomic E-state index is 14.1. The van der Waals surface area contributed by atoms with Crippen LogP contribution >= 0.6 is 0 Å². The second-order valence-corrected chi connectivity index (χ2v) is 11.5. The van der Waals surface area contributed by atoms with Crippen LogP contribution in [-0.2, 0) is 16.0 Å². The SMILES string of the molecule is O=C(O)C[C@]12CC[C@@H]3c4ccccc4CC[C@H]3[C@@H]1CC[C@@H]2C(=O)NC(c1ccccc1)c1ccc(O)cc1. The second kappa shape index (κ2) is 9.94. The van der Waals surface area contributed by atoms with Crippen molar-refractivity contribution in [2.45, 2.75) is 56.9 Å². The van der Waals surface area contributed by atoms with Gasteiger partial charge in [-0.05, 0) is 96.1 Å². The number of fused-ring (bicyclic) bond motifs is 5. The topological polar surface area (TPSA) is 86.6 Å². The molecule has 196 valence electrons. The number of benzene rings is 3. The molecular formula is C33H35NO4. The lowest BCUT2D eigenvalue weighted by atomic mass is 9.52. The smallest absolute Gasteiger partial charge is 0.303 e. The van der Waals surface area contributed by atoms with E-state index in [1.54, 1.807) is 12.1 Å². The van der Waals surface area contributed by atoms with Gasteiger partial charge in [0.1, 0.15) is 5.75 Å². The molecule has 6 rings (SSSR count). The number of carbonyl (C=O) groups excluding carboxylic acids is 1. The maximum Gasteiger partial charge on any atom is 0.303 e. The highest BCUT2D eigenvalue weighted by Crippen LogP contribution is 2.64. The highest BCUT2D eigenvalue weighted by molar-refractivity contribution is 5.82. The fourth-order valence-electron chi connectivity index (χ4n) is 8.26. The molecule has 1 unspecified atom stereocenters. The summed E-state index contributed by atoms with van der Waals surface area (Å²) in [7, 11) is 0. The molecule has 5 heteroatoms. The average molecular weight is 510 g/mol. The minimum Gasteiger partial charge on any atom is -0.508 e. The third-order valence-corrected chi connectivity index (χ3v) is 9.80. The summed E-state index contributed by atoms with van der Waals surface area (Å²) in [6, 6.07) is 25.1. The molecule has 3 aromatic carbocycles. The van der Waals surface area contributed by atoms with Gasteiger partial charge in [0.15, 0.2) is 0 Å². The van der Waals surface area contributed by atoms with E-state index in [2.05, 4.69) is 29.6 Å². The predicted octanol–water partition coefficient (Wildman–Crippen LogP) is 6.23. The summed E-state index contributed by atoms with van der Waals surface area (Å²) in [4.78, 5) is 26.4. The van der Waals surface area contributed by atoms with Crippen molar-refractivity contribution in [3.63, 3.8) is 0 Å². The number of nitrogens with one attached hydrogen (secondary N) is 1. The summed E-state index contributed by atoms with van der Waals surface area (Å²) < 4.78 is 0. The van der Waals surface area contributed by atoms with Crippen LogP contribution in [0.2, 0.25) is 0 Å². The van der Waals surface area contributed by atoms with Crippen LogP contribution in [-0.4, -0.2) is 22.1 Å². The Morgan fingerprint density at radius 3 is 2.34 bits per heavy atom. The minimum absolute atomic E-state index is 0.0506. The van der Waals surface area contributed by atoms with Crippen LogP contribution in [0.5, 0.6) is 5.75 Å². The average Bonchev–Trinajstić information content (AvgIpc) is 3.31. The van der Waals surface area contributed by atoms with Crippen LogP contribution in [0.25, 0.3) is 0 Å². The summed E-state index contributed by atoms with van der Waals surface area (Å²) in [5.41, 5.74) is 4.21. The standard InChI is InChI=1S/C33H35NO4/c35-24-13-10-23(11-14-24)31(22-7-2-1-3-8-22)34-32(38)29-17-16-28-27-15-12-21-6-4-5-9-25(21)26(27)18-19-33(28,29)20-30(36)37/h1-11,13-14,26-29,31,35H,12,15-20H2,(H,34,38)(H,36,37)/t26-,27-,28+,29-,31?,33-/m1/s1. The summed E-state index contributed by atoms with van der Waals surface area (Å²) >= 11 is 0. The highest BCUT2D eigenvalue weighted by Gasteiger charge is 2.59. The van der Waals surface area contributed by atoms with Gasteiger partial charge < -0.3 is 15.5 Å². The number of phenols is 1. The first-order chi connectivity index (χ1) is 18.5. The molecule has 2 fully saturated rings. The van der Waals surface area contributed by atoms with E-state index in [1.165, 1.54) is 11.1 Å². The second-order valence-electron chi connectivity index (χ2n) is 11.5. The van der Waals surface area contributed by atoms with Crippen molar-refractivity contribution < 1.29 is 19.8 Å². The molecule has 2 saturated carbocycles. The van der Waals surface area contributed by atoms with E-state index in [0.29, 0.717) is 11.8 Å². The van der Waals surface area contributed by atoms with Crippen molar-refractivity contribution in [2.24, 2.45) is 23.2 Å². The Bertz CT molecular complexity index is 1320. The molecule has 0 spiro atoms. The van der Waals surface area contributed by atoms with Gasteiger partial charge in [0.2, 0.25) is 5.91 Å². The fraction of sp³-hybridized carbons (Fsp3) is 0.394. The lowest BCUT2D eigenvalue weighted by molar-refractivity contribution is -0.146. The summed E-state index contributed by atoms with van der Waals surface area (Å²) in [6.45, 7) is 0. The van der Waals surface area contributed by atoms with Gasteiger partial charge >= 0.3 is 5.97 Å². The van der Waals surface area contributed by atoms with Gasteiger partial charge in [0, 0.05) is 5.92 Å². The van der Waals surface area contributed by atoms with Gasteiger partial charge in [-0.15, -0.1) is 0 Å². The Morgan fingerprint density at radius 1 is 0.868 bits per heavy atom. The Hall–Kier alpha value is -3.60. The largest absolute Gasteiger partial charge is 0.508 e. The van der Waals surface area contributed by atoms with Crippen molar-refractivity contribution in [3.8, 4) is 5.75 Å². The molecule has 0 heterocycles. The Kier molecular flexibility index (Phi) is 6.46. The molecule has 5 nitrogen and oxygen atoms in total. The number of phenolic OH excluding ortho intramolecular Hbond substituents is 1. The molecular weight excluding hydrogens is 474 g/mol. The van der Waals surface area contributed by atoms with Crippen molar-refractivity contribution in [1.82, 2.24) is 5.32 Å². The van der Waals surface area contributed by atoms with Crippen LogP contribution in [0, 0.1) is 23.2 Å². The number of carbonyl (C=O) groups is 2. The number of hydrogen-bond donors (Lipinski definition) is 3. The van der Waals surface area contributed by atoms with Gasteiger partial charge in [-0.1, -0.05) is 66.7 Å². The number of hydrogen-bond acceptors (Lipinski definition) is 3. The molecule has 6 atom stereocenters. The zero-order chi connectivity index (χ0) is 26.3. The van der Waals surface area contributed by atoms with Crippen molar-refractivity contribution in [1.29, 1.82) is 0 Å². The number of carboxylic acid groups (broad SMARTS) is 1. The van der Waals surface area contributed by atoms with Crippen LogP contribution in [0.15, 0.2) is 78.9 Å². The molecule has 3 aliphatic carbocycles. The van der Waals surface area contributed by atoms with E-state index in [0.717, 1.165) is 49.7 Å². The fourth-order valence-corrected chi connectivity index (χ4v) is 8.26. The van der Waals surface area contributed by atoms with Gasteiger partial charge in [0.05, 0.1) is 12.5 Å². The van der Waals surface area contributed by atoms with Gasteiger partial charge in [-0.3, -0.25) is 9.59 Å². The molecule has 0 radical (unpaired) electrons. The van der Waals surface area contributed by atoms with E-state index in [1.807, 2.05) is 42.5 Å². The van der Waals surface area contributed by atoms with E-state index >= 15 is 0 Å². The van der Waals surface area contributed by atoms with E-state index in [-0.39, 0.29) is 36.0 Å². The number of aromatic hydroxyl groups is 1. The Labute approximate surface area is 223 Å². The van der Waals surface area contributed by atoms with Crippen molar-refractivity contribution >= 4 is 11.9 Å². The van der Waals surface area contributed by atoms with E-state index < -0.39 is 11.4 Å². The van der Waals surface area contributed by atoms with Gasteiger partial charge in [0.25, 0.3) is 0 Å². The molecule has 3 aliphatic rings. The Balaban J connectivity index is 1.31. The molecule has 0 aliphatic heterocycles. The lowest BCUT2D eigenvalue weighted by Crippen LogP contribution is -2.49. The summed E-state index contributed by atoms with van der Waals surface area (Å²) in [5, 5.41) is 23.2. The minimum atomic E-state index is -0.803. The molecule has 38 heavy (non-hydrogen) atoms. The van der Waals surface area contributed by atoms with Crippen molar-refractivity contribution in [2.75, 3.05) is 0 Å². The number of carboxylic acids is 1. The molecule has 0 bridgehead atoms. The lowest BCUT2D eigenvalue weighted by Gasteiger charge is -2.51. The first-order valence-corrected chi connectivity index (χ1v) is 13.9. The Morgan fingerprint density at radius 2 is 1.58 bits per heavy atom. The van der Waals surface area contributed by atoms with Crippen LogP contribution in [0.3, 0.4) is 0 Å². The van der Waals surface area contributed by atoms with Crippen LogP contribution in [0.4, 0.5) is 0 Å². The first kappa shape index (κ1) is 24.7.